The Morgan fingerprint density at radius 1 is 1.08 bits per heavy atom. The summed E-state index contributed by atoms with van der Waals surface area (Å²) >= 11 is 5.47. The van der Waals surface area contributed by atoms with Crippen LogP contribution in [0, 0.1) is 4.77 Å². The summed E-state index contributed by atoms with van der Waals surface area (Å²) in [6, 6.07) is 19.1. The first-order valence-corrected chi connectivity index (χ1v) is 7.83. The van der Waals surface area contributed by atoms with Crippen LogP contribution in [-0.4, -0.2) is 20.3 Å². The zero-order chi connectivity index (χ0) is 16.9. The number of carbonyl (C=O) groups excluding carboxylic acids is 1. The fourth-order valence-electron chi connectivity index (χ4n) is 2.29. The molecule has 0 fully saturated rings. The predicted octanol–water partition coefficient (Wildman–Crippen LogP) is 2.29. The molecule has 1 aromatic heterocycles. The van der Waals surface area contributed by atoms with E-state index in [1.165, 1.54) is 4.68 Å². The third-order valence-electron chi connectivity index (χ3n) is 3.41. The molecule has 0 amide bonds. The molecule has 1 N–H and O–H groups in total. The van der Waals surface area contributed by atoms with Crippen molar-refractivity contribution in [3.63, 3.8) is 0 Å². The monoisotopic (exact) mass is 339 g/mol. The number of benzene rings is 2. The lowest BCUT2D eigenvalue weighted by Crippen LogP contribution is -2.23. The highest BCUT2D eigenvalue weighted by Crippen LogP contribution is 2.20. The van der Waals surface area contributed by atoms with Gasteiger partial charge in [-0.25, -0.2) is 4.68 Å². The number of carbonyl (C=O) groups is 1. The molecule has 7 heteroatoms. The molecule has 0 atom stereocenters. The van der Waals surface area contributed by atoms with Gasteiger partial charge in [-0.2, -0.15) is 0 Å². The number of nitrogens with one attached hydrogen (secondary N) is 1. The number of para-hydroxylation sites is 2. The second kappa shape index (κ2) is 7.10. The van der Waals surface area contributed by atoms with Crippen molar-refractivity contribution in [3.8, 4) is 5.69 Å². The maximum Gasteiger partial charge on any atom is 0.232 e. The van der Waals surface area contributed by atoms with Crippen LogP contribution < -0.4 is 10.4 Å². The van der Waals surface area contributed by atoms with Gasteiger partial charge in [0.05, 0.1) is 5.69 Å². The van der Waals surface area contributed by atoms with Crippen LogP contribution in [0.3, 0.4) is 0 Å². The van der Waals surface area contributed by atoms with Crippen molar-refractivity contribution in [2.75, 3.05) is 5.32 Å². The van der Waals surface area contributed by atoms with E-state index in [9.17, 15) is 9.90 Å². The maximum atomic E-state index is 10.7. The molecule has 0 radical (unpaired) electrons. The number of carboxylic acid groups (broad SMARTS) is 1. The Balaban J connectivity index is 2.03. The Morgan fingerprint density at radius 2 is 1.71 bits per heavy atom. The molecule has 0 bridgehead atoms. The summed E-state index contributed by atoms with van der Waals surface area (Å²) in [7, 11) is 0. The standard InChI is InChI=1S/C17H16N4O2S/c22-15(23)11-12-20-17(24)21(14-9-5-2-6-10-14)16(19-20)18-13-7-3-1-4-8-13/h1-10H,11-12H2,(H,18,19)(H,22,23)/p-1. The van der Waals surface area contributed by atoms with Crippen LogP contribution >= 0.6 is 12.2 Å². The third-order valence-corrected chi connectivity index (χ3v) is 3.80. The van der Waals surface area contributed by atoms with E-state index in [2.05, 4.69) is 10.4 Å². The SMILES string of the molecule is O=C([O-])CCn1nc(Nc2ccccc2)n(-c2ccccc2)c1=S. The van der Waals surface area contributed by atoms with Crippen LogP contribution in [0.4, 0.5) is 11.6 Å². The number of hydrogen-bond donors (Lipinski definition) is 1. The maximum absolute atomic E-state index is 10.7. The zero-order valence-electron chi connectivity index (χ0n) is 12.8. The van der Waals surface area contributed by atoms with Crippen LogP contribution in [0.25, 0.3) is 5.69 Å². The van der Waals surface area contributed by atoms with Gasteiger partial charge in [-0.3, -0.25) is 4.57 Å². The molecule has 6 nitrogen and oxygen atoms in total. The minimum Gasteiger partial charge on any atom is -0.550 e. The second-order valence-electron chi connectivity index (χ2n) is 5.11. The van der Waals surface area contributed by atoms with Crippen LogP contribution in [0.5, 0.6) is 0 Å². The summed E-state index contributed by atoms with van der Waals surface area (Å²) in [5.41, 5.74) is 1.71. The minimum absolute atomic E-state index is 0.148. The highest BCUT2D eigenvalue weighted by molar-refractivity contribution is 7.71. The topological polar surface area (TPSA) is 74.9 Å². The van der Waals surface area contributed by atoms with E-state index in [4.69, 9.17) is 12.2 Å². The van der Waals surface area contributed by atoms with Gasteiger partial charge in [0, 0.05) is 24.6 Å². The van der Waals surface area contributed by atoms with Gasteiger partial charge < -0.3 is 15.2 Å². The first kappa shape index (κ1) is 15.9. The fourth-order valence-corrected chi connectivity index (χ4v) is 2.62. The number of aliphatic carboxylic acids is 1. The summed E-state index contributed by atoms with van der Waals surface area (Å²) in [6.45, 7) is 0.157. The lowest BCUT2D eigenvalue weighted by molar-refractivity contribution is -0.306. The van der Waals surface area contributed by atoms with Crippen molar-refractivity contribution in [3.05, 3.63) is 65.4 Å². The summed E-state index contributed by atoms with van der Waals surface area (Å²) in [5.74, 6) is -0.612. The highest BCUT2D eigenvalue weighted by atomic mass is 32.1. The second-order valence-corrected chi connectivity index (χ2v) is 5.48. The van der Waals surface area contributed by atoms with Gasteiger partial charge in [0.1, 0.15) is 0 Å². The Kier molecular flexibility index (Phi) is 4.72. The molecule has 0 saturated carbocycles. The molecule has 0 unspecified atom stereocenters. The molecule has 0 saturated heterocycles. The van der Waals surface area contributed by atoms with E-state index in [0.717, 1.165) is 11.4 Å². The molecule has 24 heavy (non-hydrogen) atoms. The molecule has 0 spiro atoms. The van der Waals surface area contributed by atoms with Crippen molar-refractivity contribution >= 4 is 29.8 Å². The number of hydrogen-bond acceptors (Lipinski definition) is 5. The smallest absolute Gasteiger partial charge is 0.232 e. The number of carboxylic acids is 1. The molecular formula is C17H15N4O2S-. The van der Waals surface area contributed by atoms with E-state index in [1.807, 2.05) is 60.7 Å². The Hall–Kier alpha value is -2.93. The Labute approximate surface area is 144 Å². The van der Waals surface area contributed by atoms with Gasteiger partial charge in [0.15, 0.2) is 0 Å². The van der Waals surface area contributed by atoms with Gasteiger partial charge >= 0.3 is 0 Å². The van der Waals surface area contributed by atoms with Gasteiger partial charge in [-0.05, 0) is 36.5 Å². The number of rotatable bonds is 6. The van der Waals surface area contributed by atoms with Crippen LogP contribution in [-0.2, 0) is 11.3 Å². The molecule has 3 aromatic rings. The quantitative estimate of drug-likeness (QED) is 0.698. The molecule has 1 heterocycles. The fraction of sp³-hybridized carbons (Fsp3) is 0.118. The van der Waals surface area contributed by atoms with Gasteiger partial charge in [0.25, 0.3) is 0 Å². The van der Waals surface area contributed by atoms with Crippen LogP contribution in [0.2, 0.25) is 0 Å². The average Bonchev–Trinajstić information content (AvgIpc) is 2.90. The first-order valence-electron chi connectivity index (χ1n) is 7.42. The largest absolute Gasteiger partial charge is 0.550 e. The van der Waals surface area contributed by atoms with E-state index < -0.39 is 5.97 Å². The third kappa shape index (κ3) is 3.52. The Morgan fingerprint density at radius 3 is 2.33 bits per heavy atom. The molecule has 2 aromatic carbocycles. The van der Waals surface area contributed by atoms with Crippen molar-refractivity contribution in [1.29, 1.82) is 0 Å². The molecule has 0 aliphatic carbocycles. The van der Waals surface area contributed by atoms with Crippen molar-refractivity contribution in [2.45, 2.75) is 13.0 Å². The van der Waals surface area contributed by atoms with Gasteiger partial charge in [-0.15, -0.1) is 5.10 Å². The van der Waals surface area contributed by atoms with Gasteiger partial charge in [-0.1, -0.05) is 36.4 Å². The number of anilines is 2. The van der Waals surface area contributed by atoms with E-state index in [-0.39, 0.29) is 13.0 Å². The van der Waals surface area contributed by atoms with Gasteiger partial charge in [0.2, 0.25) is 10.7 Å². The molecule has 0 aliphatic rings. The number of aryl methyl sites for hydroxylation is 1. The summed E-state index contributed by atoms with van der Waals surface area (Å²) < 4.78 is 3.68. The summed E-state index contributed by atoms with van der Waals surface area (Å²) in [4.78, 5) is 10.7. The zero-order valence-corrected chi connectivity index (χ0v) is 13.6. The molecule has 0 aliphatic heterocycles. The van der Waals surface area contributed by atoms with Crippen molar-refractivity contribution < 1.29 is 9.90 Å². The predicted molar refractivity (Wildman–Crippen MR) is 91.7 cm³/mol. The molecule has 122 valence electrons. The van der Waals surface area contributed by atoms with Crippen molar-refractivity contribution in [2.24, 2.45) is 0 Å². The first-order chi connectivity index (χ1) is 11.6. The lowest BCUT2D eigenvalue weighted by Gasteiger charge is -2.08. The van der Waals surface area contributed by atoms with E-state index in [0.29, 0.717) is 10.7 Å². The molecule has 3 rings (SSSR count). The number of aromatic nitrogens is 3. The Bertz CT molecular complexity index is 888. The highest BCUT2D eigenvalue weighted by Gasteiger charge is 2.12. The van der Waals surface area contributed by atoms with Crippen molar-refractivity contribution in [1.82, 2.24) is 14.3 Å². The lowest BCUT2D eigenvalue weighted by atomic mass is 10.3. The van der Waals surface area contributed by atoms with Crippen LogP contribution in [0.1, 0.15) is 6.42 Å². The molecular weight excluding hydrogens is 324 g/mol. The summed E-state index contributed by atoms with van der Waals surface area (Å²) in [6.07, 6.45) is -0.148. The average molecular weight is 339 g/mol. The van der Waals surface area contributed by atoms with E-state index >= 15 is 0 Å². The normalized spacial score (nSPS) is 10.5. The number of nitrogens with zero attached hydrogens (tertiary/aromatic N) is 3. The van der Waals surface area contributed by atoms with Crippen LogP contribution in [0.15, 0.2) is 60.7 Å². The summed E-state index contributed by atoms with van der Waals surface area (Å²) in [5, 5.41) is 18.4. The minimum atomic E-state index is -1.14. The van der Waals surface area contributed by atoms with E-state index in [1.54, 1.807) is 4.57 Å².